The predicted molar refractivity (Wildman–Crippen MR) is 85.0 cm³/mol. The van der Waals surface area contributed by atoms with Crippen LogP contribution in [0.5, 0.6) is 11.5 Å². The first-order valence-corrected chi connectivity index (χ1v) is 8.02. The quantitative estimate of drug-likeness (QED) is 0.853. The summed E-state index contributed by atoms with van der Waals surface area (Å²) in [6.07, 6.45) is 0. The van der Waals surface area contributed by atoms with Crippen molar-refractivity contribution in [2.24, 2.45) is 0 Å². The van der Waals surface area contributed by atoms with Gasteiger partial charge in [0.2, 0.25) is 6.79 Å². The van der Waals surface area contributed by atoms with E-state index in [0.29, 0.717) is 30.2 Å². The fourth-order valence-corrected chi connectivity index (χ4v) is 3.03. The largest absolute Gasteiger partial charge is 0.454 e. The van der Waals surface area contributed by atoms with Gasteiger partial charge in [0.25, 0.3) is 5.91 Å². The van der Waals surface area contributed by atoms with Crippen LogP contribution in [0.1, 0.15) is 21.8 Å². The Kier molecular flexibility index (Phi) is 3.86. The molecule has 4 rings (SSSR count). The summed E-state index contributed by atoms with van der Waals surface area (Å²) >= 11 is 0. The van der Waals surface area contributed by atoms with Crippen LogP contribution in [0.4, 0.5) is 0 Å². The molecule has 126 valence electrons. The van der Waals surface area contributed by atoms with Gasteiger partial charge in [-0.1, -0.05) is 5.16 Å². The Morgan fingerprint density at radius 2 is 1.92 bits per heavy atom. The topological polar surface area (TPSA) is 68.0 Å². The number of carbonyl (C=O) groups is 1. The van der Waals surface area contributed by atoms with Gasteiger partial charge in [-0.2, -0.15) is 0 Å². The van der Waals surface area contributed by atoms with Gasteiger partial charge in [0.1, 0.15) is 0 Å². The average molecular weight is 329 g/mol. The van der Waals surface area contributed by atoms with Crippen molar-refractivity contribution in [1.29, 1.82) is 0 Å². The Bertz CT molecular complexity index is 750. The molecular weight excluding hydrogens is 310 g/mol. The first-order chi connectivity index (χ1) is 11.7. The molecule has 7 heteroatoms. The molecule has 2 aromatic rings. The standard InChI is InChI=1S/C17H19N3O4/c1-12-8-14(24-18-12)10-19-4-6-20(7-5-19)17(21)13-2-3-15-16(9-13)23-11-22-15/h2-3,8-9H,4-7,10-11H2,1H3. The second kappa shape index (κ2) is 6.16. The van der Waals surface area contributed by atoms with Crippen LogP contribution in [-0.2, 0) is 6.54 Å². The molecule has 0 N–H and O–H groups in total. The van der Waals surface area contributed by atoms with Crippen LogP contribution in [0, 0.1) is 6.92 Å². The number of amides is 1. The maximum absolute atomic E-state index is 12.7. The number of hydrogen-bond donors (Lipinski definition) is 0. The lowest BCUT2D eigenvalue weighted by molar-refractivity contribution is 0.0617. The zero-order chi connectivity index (χ0) is 16.5. The number of rotatable bonds is 3. The molecule has 3 heterocycles. The van der Waals surface area contributed by atoms with E-state index in [4.69, 9.17) is 14.0 Å². The number of aryl methyl sites for hydroxylation is 1. The summed E-state index contributed by atoms with van der Waals surface area (Å²) in [5, 5.41) is 3.91. The van der Waals surface area contributed by atoms with Crippen LogP contribution < -0.4 is 9.47 Å². The third-order valence-corrected chi connectivity index (χ3v) is 4.34. The third-order valence-electron chi connectivity index (χ3n) is 4.34. The van der Waals surface area contributed by atoms with Gasteiger partial charge in [0.15, 0.2) is 17.3 Å². The molecule has 1 fully saturated rings. The van der Waals surface area contributed by atoms with Gasteiger partial charge < -0.3 is 18.9 Å². The lowest BCUT2D eigenvalue weighted by Gasteiger charge is -2.34. The summed E-state index contributed by atoms with van der Waals surface area (Å²) in [4.78, 5) is 16.8. The summed E-state index contributed by atoms with van der Waals surface area (Å²) in [6, 6.07) is 7.29. The van der Waals surface area contributed by atoms with Crippen molar-refractivity contribution in [1.82, 2.24) is 15.0 Å². The molecule has 1 aromatic carbocycles. The number of aromatic nitrogens is 1. The molecule has 0 aliphatic carbocycles. The normalized spacial score (nSPS) is 17.3. The van der Waals surface area contributed by atoms with Crippen molar-refractivity contribution >= 4 is 5.91 Å². The average Bonchev–Trinajstić information content (AvgIpc) is 3.23. The molecule has 1 aromatic heterocycles. The van der Waals surface area contributed by atoms with Crippen molar-refractivity contribution < 1.29 is 18.8 Å². The van der Waals surface area contributed by atoms with Crippen LogP contribution in [0.15, 0.2) is 28.8 Å². The van der Waals surface area contributed by atoms with Gasteiger partial charge in [0.05, 0.1) is 12.2 Å². The van der Waals surface area contributed by atoms with Crippen molar-refractivity contribution in [3.8, 4) is 11.5 Å². The highest BCUT2D eigenvalue weighted by Gasteiger charge is 2.24. The van der Waals surface area contributed by atoms with Gasteiger partial charge in [-0.25, -0.2) is 0 Å². The number of carbonyl (C=O) groups excluding carboxylic acids is 1. The van der Waals surface area contributed by atoms with Crippen LogP contribution in [0.25, 0.3) is 0 Å². The van der Waals surface area contributed by atoms with E-state index >= 15 is 0 Å². The molecule has 0 atom stereocenters. The lowest BCUT2D eigenvalue weighted by atomic mass is 10.1. The van der Waals surface area contributed by atoms with E-state index in [1.165, 1.54) is 0 Å². The minimum absolute atomic E-state index is 0.0310. The number of piperazine rings is 1. The van der Waals surface area contributed by atoms with Crippen LogP contribution in [-0.4, -0.2) is 53.8 Å². The fraction of sp³-hybridized carbons (Fsp3) is 0.412. The van der Waals surface area contributed by atoms with E-state index in [-0.39, 0.29) is 12.7 Å². The van der Waals surface area contributed by atoms with Crippen molar-refractivity contribution in [3.05, 3.63) is 41.3 Å². The van der Waals surface area contributed by atoms with E-state index in [2.05, 4.69) is 10.1 Å². The number of ether oxygens (including phenoxy) is 2. The van der Waals surface area contributed by atoms with Crippen LogP contribution in [0.2, 0.25) is 0 Å². The van der Waals surface area contributed by atoms with Crippen molar-refractivity contribution in [2.75, 3.05) is 33.0 Å². The van der Waals surface area contributed by atoms with Gasteiger partial charge in [-0.3, -0.25) is 9.69 Å². The molecule has 0 unspecified atom stereocenters. The molecule has 2 aliphatic heterocycles. The summed E-state index contributed by atoms with van der Waals surface area (Å²) in [6.45, 7) is 5.88. The van der Waals surface area contributed by atoms with Crippen molar-refractivity contribution in [3.63, 3.8) is 0 Å². The SMILES string of the molecule is Cc1cc(CN2CCN(C(=O)c3ccc4c(c3)OCO4)CC2)on1. The summed E-state index contributed by atoms with van der Waals surface area (Å²) in [7, 11) is 0. The lowest BCUT2D eigenvalue weighted by Crippen LogP contribution is -2.48. The molecule has 2 aliphatic rings. The number of hydrogen-bond acceptors (Lipinski definition) is 6. The van der Waals surface area contributed by atoms with E-state index < -0.39 is 0 Å². The number of benzene rings is 1. The molecule has 0 radical (unpaired) electrons. The monoisotopic (exact) mass is 329 g/mol. The Hall–Kier alpha value is -2.54. The highest BCUT2D eigenvalue weighted by molar-refractivity contribution is 5.95. The summed E-state index contributed by atoms with van der Waals surface area (Å²) in [5.41, 5.74) is 1.53. The zero-order valence-electron chi connectivity index (χ0n) is 13.5. The molecule has 0 bridgehead atoms. The maximum atomic E-state index is 12.7. The van der Waals surface area contributed by atoms with Gasteiger partial charge in [-0.05, 0) is 25.1 Å². The smallest absolute Gasteiger partial charge is 0.254 e. The molecular formula is C17H19N3O4. The molecule has 0 saturated carbocycles. The third kappa shape index (κ3) is 2.94. The molecule has 1 saturated heterocycles. The molecule has 7 nitrogen and oxygen atoms in total. The van der Waals surface area contributed by atoms with Crippen LogP contribution in [0.3, 0.4) is 0 Å². The van der Waals surface area contributed by atoms with E-state index in [9.17, 15) is 4.79 Å². The molecule has 0 spiro atoms. The van der Waals surface area contributed by atoms with Crippen LogP contribution >= 0.6 is 0 Å². The highest BCUT2D eigenvalue weighted by atomic mass is 16.7. The second-order valence-corrected chi connectivity index (χ2v) is 6.07. The first-order valence-electron chi connectivity index (χ1n) is 8.02. The second-order valence-electron chi connectivity index (χ2n) is 6.07. The van der Waals surface area contributed by atoms with E-state index in [0.717, 1.165) is 31.1 Å². The highest BCUT2D eigenvalue weighted by Crippen LogP contribution is 2.32. The molecule has 1 amide bonds. The fourth-order valence-electron chi connectivity index (χ4n) is 3.03. The minimum atomic E-state index is 0.0310. The first kappa shape index (κ1) is 15.0. The molecule has 24 heavy (non-hydrogen) atoms. The van der Waals surface area contributed by atoms with Crippen molar-refractivity contribution in [2.45, 2.75) is 13.5 Å². The Labute approximate surface area is 139 Å². The predicted octanol–water partition coefficient (Wildman–Crippen LogP) is 1.67. The maximum Gasteiger partial charge on any atom is 0.254 e. The minimum Gasteiger partial charge on any atom is -0.454 e. The van der Waals surface area contributed by atoms with Gasteiger partial charge >= 0.3 is 0 Å². The van der Waals surface area contributed by atoms with E-state index in [1.807, 2.05) is 17.9 Å². The van der Waals surface area contributed by atoms with Gasteiger partial charge in [-0.15, -0.1) is 0 Å². The Morgan fingerprint density at radius 3 is 2.67 bits per heavy atom. The zero-order valence-corrected chi connectivity index (χ0v) is 13.5. The number of nitrogens with zero attached hydrogens (tertiary/aromatic N) is 3. The Balaban J connectivity index is 1.36. The summed E-state index contributed by atoms with van der Waals surface area (Å²) < 4.78 is 15.9. The van der Waals surface area contributed by atoms with E-state index in [1.54, 1.807) is 18.2 Å². The number of fused-ring (bicyclic) bond motifs is 1. The summed E-state index contributed by atoms with van der Waals surface area (Å²) in [5.74, 6) is 2.23. The Morgan fingerprint density at radius 1 is 1.12 bits per heavy atom. The van der Waals surface area contributed by atoms with Gasteiger partial charge in [0, 0.05) is 37.8 Å².